The molecule has 0 N–H and O–H groups in total. The predicted molar refractivity (Wildman–Crippen MR) is 221 cm³/mol. The highest BCUT2D eigenvalue weighted by Crippen LogP contribution is 2.58. The van der Waals surface area contributed by atoms with Crippen LogP contribution in [0.1, 0.15) is 45.6 Å². The molecule has 6 heteroatoms. The second kappa shape index (κ2) is 12.7. The molecule has 55 heavy (non-hydrogen) atoms. The normalized spacial score (nSPS) is 17.1. The van der Waals surface area contributed by atoms with E-state index in [9.17, 15) is 17.1 Å². The average Bonchev–Trinajstić information content (AvgIpc) is 3.80. The van der Waals surface area contributed by atoms with Gasteiger partial charge in [0.15, 0.2) is 17.5 Å². The second-order valence-electron chi connectivity index (χ2n) is 12.9. The van der Waals surface area contributed by atoms with Crippen LogP contribution in [-0.2, 0) is 19.5 Å². The summed E-state index contributed by atoms with van der Waals surface area (Å²) in [5.41, 5.74) is -3.72. The smallest absolute Gasteiger partial charge is 0.295 e. The molecule has 0 radical (unpaired) electrons. The molecule has 0 unspecified atom stereocenters. The van der Waals surface area contributed by atoms with Gasteiger partial charge in [-0.25, -0.2) is 19.7 Å². The molecule has 0 saturated heterocycles. The molecule has 0 spiro atoms. The van der Waals surface area contributed by atoms with E-state index in [2.05, 4.69) is 0 Å². The van der Waals surface area contributed by atoms with E-state index in [1.54, 1.807) is 77.8 Å². The number of aromatic nitrogens is 5. The third-order valence-corrected chi connectivity index (χ3v) is 9.95. The van der Waals surface area contributed by atoms with Crippen LogP contribution in [0.15, 0.2) is 180 Å². The average molecular weight is 727 g/mol. The van der Waals surface area contributed by atoms with Crippen molar-refractivity contribution < 1.29 is 23.3 Å². The van der Waals surface area contributed by atoms with E-state index in [0.717, 1.165) is 16.6 Å². The van der Waals surface area contributed by atoms with Crippen molar-refractivity contribution in [1.82, 2.24) is 24.1 Å². The molecule has 6 nitrogen and oxygen atoms in total. The van der Waals surface area contributed by atoms with Crippen LogP contribution in [0.5, 0.6) is 0 Å². The number of aryl methyl sites for hydroxylation is 2. The summed E-state index contributed by atoms with van der Waals surface area (Å²) in [6.07, 6.45) is 0. The van der Waals surface area contributed by atoms with Gasteiger partial charge in [0.2, 0.25) is 0 Å². The summed E-state index contributed by atoms with van der Waals surface area (Å²) in [4.78, 5) is 27.2. The zero-order valence-corrected chi connectivity index (χ0v) is 29.1. The molecule has 0 fully saturated rings. The maximum absolute atomic E-state index is 12.7. The van der Waals surface area contributed by atoms with E-state index in [1.165, 1.54) is 0 Å². The Morgan fingerprint density at radius 1 is 0.491 bits per heavy atom. The number of hydrogen-bond donors (Lipinski definition) is 0. The third-order valence-electron chi connectivity index (χ3n) is 9.95. The lowest BCUT2D eigenvalue weighted by molar-refractivity contribution is 0.768. The number of hydrogen-bond acceptors (Lipinski definition) is 4. The summed E-state index contributed by atoms with van der Waals surface area (Å²) in [5, 5.41) is 0. The molecule has 0 amide bonds. The summed E-state index contributed by atoms with van der Waals surface area (Å²) in [6.45, 7) is 0. The van der Waals surface area contributed by atoms with Crippen LogP contribution in [0.4, 0.5) is 0 Å². The zero-order valence-electron chi connectivity index (χ0n) is 46.1. The van der Waals surface area contributed by atoms with Crippen LogP contribution in [0.3, 0.4) is 0 Å². The van der Waals surface area contributed by atoms with Gasteiger partial charge in [0, 0.05) is 30.8 Å². The van der Waals surface area contributed by atoms with Gasteiger partial charge in [-0.15, -0.1) is 0 Å². The Hall–Kier alpha value is -7.18. The summed E-state index contributed by atoms with van der Waals surface area (Å²) in [5.74, 6) is -0.332. The molecular formula is C49H35N5O. The van der Waals surface area contributed by atoms with Gasteiger partial charge in [0.1, 0.15) is 0 Å². The first-order valence-corrected chi connectivity index (χ1v) is 17.1. The SMILES string of the molecule is [2H]c1c([2H])c([2H])c(C2(c3c([2H])c([2H])c([2H])c([2H])c3[2H])c3c([2H])c([2H])c([2H])c([2H])c3-c3c(-c4nc(-c5ccccc5)nc(-c5ccc(-c6ccc7c(c6)n(C)c(=O)n7C)cc5)n4)c([2H])c([2H])c([2H])c32)c([2H])c1[2H]. The van der Waals surface area contributed by atoms with E-state index in [1.807, 2.05) is 18.2 Å². The number of benzene rings is 7. The Balaban J connectivity index is 1.36. The summed E-state index contributed by atoms with van der Waals surface area (Å²) < 4.78 is 159. The van der Waals surface area contributed by atoms with E-state index < -0.39 is 147 Å². The molecular weight excluding hydrogens is 675 g/mol. The molecule has 0 saturated carbocycles. The Bertz CT molecular complexity index is 3820. The zero-order chi connectivity index (χ0) is 51.9. The monoisotopic (exact) mass is 726 g/mol. The van der Waals surface area contributed by atoms with Crippen LogP contribution < -0.4 is 5.69 Å². The fourth-order valence-corrected chi connectivity index (χ4v) is 7.34. The number of fused-ring (bicyclic) bond motifs is 4. The lowest BCUT2D eigenvalue weighted by Crippen LogP contribution is -2.28. The first kappa shape index (κ1) is 19.2. The van der Waals surface area contributed by atoms with Gasteiger partial charge >= 0.3 is 5.69 Å². The Labute approximate surface area is 342 Å². The predicted octanol–water partition coefficient (Wildman–Crippen LogP) is 10.1. The first-order valence-electron chi connectivity index (χ1n) is 25.6. The Morgan fingerprint density at radius 3 is 1.71 bits per heavy atom. The largest absolute Gasteiger partial charge is 0.328 e. The van der Waals surface area contributed by atoms with Crippen molar-refractivity contribution in [2.24, 2.45) is 14.1 Å². The van der Waals surface area contributed by atoms with Gasteiger partial charge in [-0.3, -0.25) is 9.13 Å². The van der Waals surface area contributed by atoms with Crippen molar-refractivity contribution in [2.75, 3.05) is 0 Å². The lowest BCUT2D eigenvalue weighted by atomic mass is 9.67. The van der Waals surface area contributed by atoms with Crippen LogP contribution in [0.25, 0.3) is 67.5 Å². The van der Waals surface area contributed by atoms with E-state index in [4.69, 9.17) is 25.9 Å². The van der Waals surface area contributed by atoms with Crippen molar-refractivity contribution in [3.8, 4) is 56.4 Å². The van der Waals surface area contributed by atoms with Gasteiger partial charge in [-0.2, -0.15) is 0 Å². The highest BCUT2D eigenvalue weighted by Gasteiger charge is 2.47. The maximum Gasteiger partial charge on any atom is 0.328 e. The molecule has 1 aliphatic carbocycles. The van der Waals surface area contributed by atoms with Crippen molar-refractivity contribution in [3.63, 3.8) is 0 Å². The first-order chi connectivity index (χ1) is 34.1. The fourth-order valence-electron chi connectivity index (χ4n) is 7.34. The van der Waals surface area contributed by atoms with Crippen molar-refractivity contribution >= 4 is 11.0 Å². The molecule has 10 rings (SSSR count). The van der Waals surface area contributed by atoms with Gasteiger partial charge in [0.25, 0.3) is 0 Å². The van der Waals surface area contributed by atoms with Crippen LogP contribution in [0, 0.1) is 0 Å². The van der Waals surface area contributed by atoms with Crippen LogP contribution in [-0.4, -0.2) is 24.1 Å². The van der Waals surface area contributed by atoms with Crippen molar-refractivity contribution in [1.29, 1.82) is 0 Å². The van der Waals surface area contributed by atoms with Gasteiger partial charge in [0.05, 0.1) is 39.8 Å². The van der Waals surface area contributed by atoms with Gasteiger partial charge < -0.3 is 0 Å². The molecule has 262 valence electrons. The van der Waals surface area contributed by atoms with E-state index in [0.29, 0.717) is 16.6 Å². The lowest BCUT2D eigenvalue weighted by Gasteiger charge is -2.33. The fraction of sp³-hybridized carbons (Fsp3) is 0.0612. The minimum Gasteiger partial charge on any atom is -0.295 e. The van der Waals surface area contributed by atoms with Crippen molar-refractivity contribution in [3.05, 3.63) is 208 Å². The molecule has 2 heterocycles. The highest BCUT2D eigenvalue weighted by molar-refractivity contribution is 5.94. The molecule has 7 aromatic carbocycles. The molecule has 2 aromatic heterocycles. The number of nitrogens with zero attached hydrogens (tertiary/aromatic N) is 5. The summed E-state index contributed by atoms with van der Waals surface area (Å²) >= 11 is 0. The highest BCUT2D eigenvalue weighted by atomic mass is 16.1. The number of imidazole rings is 1. The van der Waals surface area contributed by atoms with Crippen LogP contribution in [0.2, 0.25) is 0 Å². The van der Waals surface area contributed by atoms with E-state index >= 15 is 0 Å². The van der Waals surface area contributed by atoms with E-state index in [-0.39, 0.29) is 23.2 Å². The molecule has 0 atom stereocenters. The Morgan fingerprint density at radius 2 is 1.02 bits per heavy atom. The molecule has 1 aliphatic rings. The topological polar surface area (TPSA) is 65.6 Å². The number of rotatable bonds is 6. The molecule has 0 bridgehead atoms. The minimum atomic E-state index is -2.99. The molecule has 0 aliphatic heterocycles. The van der Waals surface area contributed by atoms with Crippen molar-refractivity contribution in [2.45, 2.75) is 5.41 Å². The Kier molecular flexibility index (Phi) is 4.46. The molecule has 9 aromatic rings. The minimum absolute atomic E-state index is 0.0108. The second-order valence-corrected chi connectivity index (χ2v) is 12.9. The summed E-state index contributed by atoms with van der Waals surface area (Å²) in [7, 11) is 3.36. The standard InChI is InChI=1S/C49H35N5O/c1-53-42-30-29-35(31-43(42)54(2)48(53)55)32-25-27-34(28-26-32)46-50-45(33-15-6-3-7-16-33)51-47(52-46)39-22-14-24-41-44(39)38-21-12-13-23-40(38)49(41,36-17-8-4-9-18-36)37-19-10-5-11-20-37/h3-31H,1-2H3/i4D,5D,8D,9D,10D,11D,12D,13D,14D,17D,18D,19D,20D,21D,22D,23D,24D. The quantitative estimate of drug-likeness (QED) is 0.171. The summed E-state index contributed by atoms with van der Waals surface area (Å²) in [6, 6.07) is 5.47. The third kappa shape index (κ3) is 5.02. The maximum atomic E-state index is 12.7. The van der Waals surface area contributed by atoms with Crippen LogP contribution >= 0.6 is 0 Å². The van der Waals surface area contributed by atoms with Gasteiger partial charge in [-0.05, 0) is 56.6 Å². The van der Waals surface area contributed by atoms with Gasteiger partial charge in [-0.1, -0.05) is 163 Å².